The molecule has 0 aliphatic carbocycles. The van der Waals surface area contributed by atoms with Crippen LogP contribution in [0.25, 0.3) is 0 Å². The normalized spacial score (nSPS) is 19.2. The molecule has 1 atom stereocenters. The predicted molar refractivity (Wildman–Crippen MR) is 70.0 cm³/mol. The van der Waals surface area contributed by atoms with Crippen LogP contribution in [0.2, 0.25) is 0 Å². The van der Waals surface area contributed by atoms with Crippen LogP contribution in [-0.2, 0) is 6.42 Å². The quantitative estimate of drug-likeness (QED) is 0.840. The molecule has 1 unspecified atom stereocenters. The molecule has 1 aromatic rings. The highest BCUT2D eigenvalue weighted by atomic mass is 16.4. The molecule has 0 radical (unpaired) electrons. The third-order valence-electron chi connectivity index (χ3n) is 3.17. The first-order valence-corrected chi connectivity index (χ1v) is 6.35. The number of hydrogen-bond donors (Lipinski definition) is 2. The average molecular weight is 249 g/mol. The molecule has 98 valence electrons. The van der Waals surface area contributed by atoms with Crippen molar-refractivity contribution in [2.75, 3.05) is 18.0 Å². The van der Waals surface area contributed by atoms with E-state index in [0.717, 1.165) is 43.9 Å². The van der Waals surface area contributed by atoms with Gasteiger partial charge < -0.3 is 15.7 Å². The van der Waals surface area contributed by atoms with Crippen LogP contribution in [0, 0.1) is 0 Å². The second kappa shape index (κ2) is 5.35. The Morgan fingerprint density at radius 2 is 2.39 bits per heavy atom. The summed E-state index contributed by atoms with van der Waals surface area (Å²) in [5.74, 6) is -0.161. The molecule has 0 saturated carbocycles. The second-order valence-electron chi connectivity index (χ2n) is 4.76. The number of aryl methyl sites for hydroxylation is 1. The number of carboxylic acids is 1. The van der Waals surface area contributed by atoms with E-state index in [-0.39, 0.29) is 6.04 Å². The number of anilines is 1. The van der Waals surface area contributed by atoms with E-state index in [1.807, 2.05) is 0 Å². The first kappa shape index (κ1) is 12.8. The lowest BCUT2D eigenvalue weighted by molar-refractivity contribution is 0.0696. The maximum Gasteiger partial charge on any atom is 0.335 e. The van der Waals surface area contributed by atoms with Gasteiger partial charge in [0.1, 0.15) is 5.82 Å². The Hall–Kier alpha value is -1.62. The molecule has 2 rings (SSSR count). The lowest BCUT2D eigenvalue weighted by Crippen LogP contribution is -2.27. The van der Waals surface area contributed by atoms with Crippen LogP contribution >= 0.6 is 0 Å². The number of carboxylic acid groups (broad SMARTS) is 1. The molecule has 5 heteroatoms. The molecule has 1 aromatic heterocycles. The van der Waals surface area contributed by atoms with Gasteiger partial charge in [-0.05, 0) is 25.0 Å². The monoisotopic (exact) mass is 249 g/mol. The summed E-state index contributed by atoms with van der Waals surface area (Å²) >= 11 is 0. The summed E-state index contributed by atoms with van der Waals surface area (Å²) in [6, 6.07) is 3.46. The van der Waals surface area contributed by atoms with Crippen molar-refractivity contribution >= 4 is 11.8 Å². The zero-order chi connectivity index (χ0) is 13.1. The van der Waals surface area contributed by atoms with Crippen LogP contribution in [-0.4, -0.2) is 35.2 Å². The molecule has 3 N–H and O–H groups in total. The minimum Gasteiger partial charge on any atom is -0.478 e. The van der Waals surface area contributed by atoms with Crippen LogP contribution in [0.1, 0.15) is 35.8 Å². The zero-order valence-corrected chi connectivity index (χ0v) is 10.6. The Labute approximate surface area is 107 Å². The molecule has 2 heterocycles. The van der Waals surface area contributed by atoms with Crippen LogP contribution in [0.4, 0.5) is 5.82 Å². The van der Waals surface area contributed by atoms with E-state index in [4.69, 9.17) is 10.8 Å². The third-order valence-corrected chi connectivity index (χ3v) is 3.17. The molecule has 1 fully saturated rings. The zero-order valence-electron chi connectivity index (χ0n) is 10.6. The van der Waals surface area contributed by atoms with Crippen LogP contribution in [0.3, 0.4) is 0 Å². The van der Waals surface area contributed by atoms with Crippen molar-refractivity contribution in [2.45, 2.75) is 32.2 Å². The lowest BCUT2D eigenvalue weighted by Gasteiger charge is -2.18. The van der Waals surface area contributed by atoms with Crippen molar-refractivity contribution in [2.24, 2.45) is 5.73 Å². The van der Waals surface area contributed by atoms with Gasteiger partial charge in [-0.1, -0.05) is 13.3 Å². The Morgan fingerprint density at radius 1 is 1.61 bits per heavy atom. The van der Waals surface area contributed by atoms with Crippen LogP contribution in [0.5, 0.6) is 0 Å². The molecule has 1 saturated heterocycles. The van der Waals surface area contributed by atoms with Gasteiger partial charge in [0, 0.05) is 24.8 Å². The van der Waals surface area contributed by atoms with Crippen molar-refractivity contribution in [1.82, 2.24) is 4.98 Å². The van der Waals surface area contributed by atoms with Gasteiger partial charge in [0.25, 0.3) is 0 Å². The fraction of sp³-hybridized carbons (Fsp3) is 0.538. The highest BCUT2D eigenvalue weighted by Crippen LogP contribution is 2.20. The summed E-state index contributed by atoms with van der Waals surface area (Å²) in [4.78, 5) is 17.7. The van der Waals surface area contributed by atoms with Gasteiger partial charge in [-0.2, -0.15) is 0 Å². The molecule has 0 spiro atoms. The fourth-order valence-electron chi connectivity index (χ4n) is 2.24. The number of nitrogens with two attached hydrogens (primary N) is 1. The number of nitrogens with zero attached hydrogens (tertiary/aromatic N) is 2. The van der Waals surface area contributed by atoms with Crippen molar-refractivity contribution in [3.63, 3.8) is 0 Å². The fourth-order valence-corrected chi connectivity index (χ4v) is 2.24. The molecule has 0 bridgehead atoms. The lowest BCUT2D eigenvalue weighted by atomic mass is 10.1. The highest BCUT2D eigenvalue weighted by Gasteiger charge is 2.21. The van der Waals surface area contributed by atoms with Gasteiger partial charge in [-0.3, -0.25) is 0 Å². The Bertz CT molecular complexity index is 448. The second-order valence-corrected chi connectivity index (χ2v) is 4.76. The number of rotatable bonds is 4. The average Bonchev–Trinajstić information content (AvgIpc) is 2.76. The summed E-state index contributed by atoms with van der Waals surface area (Å²) in [6.45, 7) is 3.66. The number of aromatic carboxylic acids is 1. The molecule has 18 heavy (non-hydrogen) atoms. The van der Waals surface area contributed by atoms with Gasteiger partial charge >= 0.3 is 5.97 Å². The van der Waals surface area contributed by atoms with E-state index in [9.17, 15) is 4.79 Å². The topological polar surface area (TPSA) is 79.5 Å². The Morgan fingerprint density at radius 3 is 2.94 bits per heavy atom. The van der Waals surface area contributed by atoms with E-state index in [0.29, 0.717) is 5.56 Å². The molecule has 0 aromatic carbocycles. The van der Waals surface area contributed by atoms with Crippen molar-refractivity contribution in [3.05, 3.63) is 23.4 Å². The Kier molecular flexibility index (Phi) is 3.81. The van der Waals surface area contributed by atoms with Gasteiger partial charge in [0.15, 0.2) is 0 Å². The molecule has 1 aliphatic rings. The summed E-state index contributed by atoms with van der Waals surface area (Å²) in [7, 11) is 0. The van der Waals surface area contributed by atoms with E-state index in [1.54, 1.807) is 12.1 Å². The number of pyridine rings is 1. The first-order valence-electron chi connectivity index (χ1n) is 6.35. The smallest absolute Gasteiger partial charge is 0.335 e. The van der Waals surface area contributed by atoms with Crippen LogP contribution < -0.4 is 10.6 Å². The van der Waals surface area contributed by atoms with Gasteiger partial charge in [-0.15, -0.1) is 0 Å². The maximum atomic E-state index is 11.1. The van der Waals surface area contributed by atoms with Crippen molar-refractivity contribution in [1.29, 1.82) is 0 Å². The largest absolute Gasteiger partial charge is 0.478 e. The summed E-state index contributed by atoms with van der Waals surface area (Å²) in [6.07, 6.45) is 2.69. The van der Waals surface area contributed by atoms with Gasteiger partial charge in [-0.25, -0.2) is 9.78 Å². The van der Waals surface area contributed by atoms with E-state index < -0.39 is 5.97 Å². The molecule has 1 aliphatic heterocycles. The van der Waals surface area contributed by atoms with Crippen molar-refractivity contribution < 1.29 is 9.90 Å². The number of aromatic nitrogens is 1. The Balaban J connectivity index is 2.30. The standard InChI is InChI=1S/C13H19N3O2/c1-2-3-11-6-9(13(17)18)7-12(15-11)16-5-4-10(14)8-16/h6-7,10H,2-5,8,14H2,1H3,(H,17,18). The van der Waals surface area contributed by atoms with Gasteiger partial charge in [0.05, 0.1) is 5.56 Å². The molecular weight excluding hydrogens is 230 g/mol. The summed E-state index contributed by atoms with van der Waals surface area (Å²) in [5, 5.41) is 9.13. The van der Waals surface area contributed by atoms with Gasteiger partial charge in [0.2, 0.25) is 0 Å². The minimum absolute atomic E-state index is 0.162. The number of carbonyl (C=O) groups is 1. The summed E-state index contributed by atoms with van der Waals surface area (Å²) in [5.41, 5.74) is 7.02. The number of hydrogen-bond acceptors (Lipinski definition) is 4. The molecule has 5 nitrogen and oxygen atoms in total. The van der Waals surface area contributed by atoms with E-state index >= 15 is 0 Å². The first-order chi connectivity index (χ1) is 8.60. The highest BCUT2D eigenvalue weighted by molar-refractivity contribution is 5.88. The van der Waals surface area contributed by atoms with E-state index in [1.165, 1.54) is 0 Å². The maximum absolute atomic E-state index is 11.1. The molecular formula is C13H19N3O2. The molecule has 0 amide bonds. The van der Waals surface area contributed by atoms with E-state index in [2.05, 4.69) is 16.8 Å². The van der Waals surface area contributed by atoms with Crippen LogP contribution in [0.15, 0.2) is 12.1 Å². The van der Waals surface area contributed by atoms with Crippen molar-refractivity contribution in [3.8, 4) is 0 Å². The minimum atomic E-state index is -0.903. The predicted octanol–water partition coefficient (Wildman–Crippen LogP) is 1.27. The summed E-state index contributed by atoms with van der Waals surface area (Å²) < 4.78 is 0. The third kappa shape index (κ3) is 2.79. The SMILES string of the molecule is CCCc1cc(C(=O)O)cc(N2CCC(N)C2)n1.